The molecule has 0 saturated carbocycles. The first-order chi connectivity index (χ1) is 15.3. The van der Waals surface area contributed by atoms with Crippen molar-refractivity contribution >= 4 is 48.1 Å². The number of benzene rings is 1. The van der Waals surface area contributed by atoms with E-state index >= 15 is 0 Å². The zero-order chi connectivity index (χ0) is 22.8. The third kappa shape index (κ3) is 6.14. The molecule has 2 heterocycles. The SMILES string of the molecule is CC(C)N(C)C[C@@H](C(=O)N1CCN(c2ncnc3c2[C@H](C)CC3)CC1)c1ccc(Cl)cc1.Cl.Cl. The number of amides is 1. The molecule has 6 nitrogen and oxygen atoms in total. The van der Waals surface area contributed by atoms with Crippen molar-refractivity contribution in [1.29, 1.82) is 0 Å². The van der Waals surface area contributed by atoms with E-state index < -0.39 is 0 Å². The fourth-order valence-electron chi connectivity index (χ4n) is 4.75. The Morgan fingerprint density at radius 3 is 2.38 bits per heavy atom. The molecule has 1 aromatic heterocycles. The number of carbonyl (C=O) groups excluding carboxylic acids is 1. The number of rotatable bonds is 6. The molecule has 34 heavy (non-hydrogen) atoms. The van der Waals surface area contributed by atoms with Crippen LogP contribution in [0, 0.1) is 0 Å². The second-order valence-electron chi connectivity index (χ2n) is 9.45. The summed E-state index contributed by atoms with van der Waals surface area (Å²) in [5.41, 5.74) is 3.53. The minimum absolute atomic E-state index is 0. The predicted octanol–water partition coefficient (Wildman–Crippen LogP) is 4.80. The maximum Gasteiger partial charge on any atom is 0.231 e. The molecule has 0 bridgehead atoms. The molecule has 2 aromatic rings. The number of hydrogen-bond donors (Lipinski definition) is 0. The van der Waals surface area contributed by atoms with E-state index in [1.165, 1.54) is 11.3 Å². The van der Waals surface area contributed by atoms with E-state index in [9.17, 15) is 4.79 Å². The Labute approximate surface area is 220 Å². The third-order valence-corrected chi connectivity index (χ3v) is 7.32. The van der Waals surface area contributed by atoms with Crippen LogP contribution in [0.2, 0.25) is 5.02 Å². The van der Waals surface area contributed by atoms with Crippen LogP contribution in [0.1, 0.15) is 55.8 Å². The van der Waals surface area contributed by atoms with Gasteiger partial charge in [0.05, 0.1) is 5.92 Å². The summed E-state index contributed by atoms with van der Waals surface area (Å²) in [5.74, 6) is 1.57. The third-order valence-electron chi connectivity index (χ3n) is 7.07. The summed E-state index contributed by atoms with van der Waals surface area (Å²) in [6.07, 6.45) is 3.88. The van der Waals surface area contributed by atoms with Crippen LogP contribution in [0.15, 0.2) is 30.6 Å². The predicted molar refractivity (Wildman–Crippen MR) is 144 cm³/mol. The van der Waals surface area contributed by atoms with E-state index in [-0.39, 0.29) is 36.6 Å². The van der Waals surface area contributed by atoms with Crippen LogP contribution < -0.4 is 4.90 Å². The number of aromatic nitrogens is 2. The Hall–Kier alpha value is -1.60. The van der Waals surface area contributed by atoms with Gasteiger partial charge in [-0.15, -0.1) is 24.8 Å². The van der Waals surface area contributed by atoms with Crippen LogP contribution in [-0.2, 0) is 11.2 Å². The Morgan fingerprint density at radius 1 is 1.12 bits per heavy atom. The van der Waals surface area contributed by atoms with E-state index in [0.717, 1.165) is 37.3 Å². The van der Waals surface area contributed by atoms with E-state index in [2.05, 4.69) is 47.6 Å². The van der Waals surface area contributed by atoms with Gasteiger partial charge in [-0.05, 0) is 57.4 Å². The second kappa shape index (κ2) is 12.4. The van der Waals surface area contributed by atoms with Gasteiger partial charge in [-0.3, -0.25) is 4.79 Å². The highest BCUT2D eigenvalue weighted by molar-refractivity contribution is 6.30. The lowest BCUT2D eigenvalue weighted by atomic mass is 9.96. The topological polar surface area (TPSA) is 52.6 Å². The Kier molecular flexibility index (Phi) is 10.4. The van der Waals surface area contributed by atoms with E-state index in [4.69, 9.17) is 11.6 Å². The molecule has 2 atom stereocenters. The number of carbonyl (C=O) groups is 1. The van der Waals surface area contributed by atoms with Gasteiger partial charge in [-0.25, -0.2) is 9.97 Å². The lowest BCUT2D eigenvalue weighted by Gasteiger charge is -2.38. The number of aryl methyl sites for hydroxylation is 1. The number of likely N-dealkylation sites (N-methyl/N-ethyl adjacent to an activating group) is 1. The normalized spacial score (nSPS) is 18.4. The minimum atomic E-state index is -0.200. The molecular weight excluding hydrogens is 493 g/mol. The van der Waals surface area contributed by atoms with Crippen LogP contribution in [0.5, 0.6) is 0 Å². The molecule has 1 fully saturated rings. The average molecular weight is 529 g/mol. The number of hydrogen-bond acceptors (Lipinski definition) is 5. The van der Waals surface area contributed by atoms with E-state index in [0.29, 0.717) is 36.6 Å². The first-order valence-corrected chi connectivity index (χ1v) is 12.1. The molecule has 1 aliphatic carbocycles. The van der Waals surface area contributed by atoms with Crippen molar-refractivity contribution in [2.45, 2.75) is 51.5 Å². The fraction of sp³-hybridized carbons (Fsp3) is 0.560. The summed E-state index contributed by atoms with van der Waals surface area (Å²) < 4.78 is 0. The van der Waals surface area contributed by atoms with Crippen LogP contribution in [0.25, 0.3) is 0 Å². The first-order valence-electron chi connectivity index (χ1n) is 11.7. The molecule has 1 saturated heterocycles. The lowest BCUT2D eigenvalue weighted by molar-refractivity contribution is -0.133. The largest absolute Gasteiger partial charge is 0.353 e. The van der Waals surface area contributed by atoms with Gasteiger partial charge in [-0.1, -0.05) is 30.7 Å². The average Bonchev–Trinajstić information content (AvgIpc) is 3.18. The van der Waals surface area contributed by atoms with Gasteiger partial charge in [-0.2, -0.15) is 0 Å². The highest BCUT2D eigenvalue weighted by Crippen LogP contribution is 2.37. The second-order valence-corrected chi connectivity index (χ2v) is 9.88. The van der Waals surface area contributed by atoms with Crippen LogP contribution in [0.4, 0.5) is 5.82 Å². The molecule has 2 aliphatic rings. The highest BCUT2D eigenvalue weighted by Gasteiger charge is 2.32. The lowest BCUT2D eigenvalue weighted by Crippen LogP contribution is -2.51. The van der Waals surface area contributed by atoms with Gasteiger partial charge in [0.2, 0.25) is 5.91 Å². The van der Waals surface area contributed by atoms with Crippen molar-refractivity contribution in [1.82, 2.24) is 19.8 Å². The quantitative estimate of drug-likeness (QED) is 0.539. The number of nitrogens with zero attached hydrogens (tertiary/aromatic N) is 5. The van der Waals surface area contributed by atoms with Gasteiger partial charge < -0.3 is 14.7 Å². The van der Waals surface area contributed by atoms with Gasteiger partial charge in [0, 0.05) is 55.0 Å². The summed E-state index contributed by atoms with van der Waals surface area (Å²) >= 11 is 6.10. The van der Waals surface area contributed by atoms with E-state index in [1.807, 2.05) is 29.2 Å². The summed E-state index contributed by atoms with van der Waals surface area (Å²) in [6, 6.07) is 8.10. The monoisotopic (exact) mass is 527 g/mol. The van der Waals surface area contributed by atoms with Crippen molar-refractivity contribution in [3.8, 4) is 0 Å². The zero-order valence-corrected chi connectivity index (χ0v) is 22.8. The van der Waals surface area contributed by atoms with Crippen molar-refractivity contribution in [3.63, 3.8) is 0 Å². The van der Waals surface area contributed by atoms with Crippen molar-refractivity contribution in [2.24, 2.45) is 0 Å². The maximum atomic E-state index is 13.6. The molecule has 0 spiro atoms. The van der Waals surface area contributed by atoms with Crippen LogP contribution in [-0.4, -0.2) is 71.5 Å². The highest BCUT2D eigenvalue weighted by atomic mass is 35.5. The minimum Gasteiger partial charge on any atom is -0.353 e. The standard InChI is InChI=1S/C25H34ClN5O.2ClH/c1-17(2)29(4)15-21(19-6-8-20(26)9-7-19)25(32)31-13-11-30(12-14-31)24-23-18(3)5-10-22(23)27-16-28-24;;/h6-9,16-18,21H,5,10-15H2,1-4H3;2*1H/t18-,21-;;/m1../s1. The number of anilines is 1. The molecule has 0 radical (unpaired) electrons. The van der Waals surface area contributed by atoms with Crippen molar-refractivity contribution < 1.29 is 4.79 Å². The molecule has 9 heteroatoms. The van der Waals surface area contributed by atoms with Gasteiger partial charge in [0.1, 0.15) is 12.1 Å². The zero-order valence-electron chi connectivity index (χ0n) is 20.4. The van der Waals surface area contributed by atoms with Gasteiger partial charge in [0.25, 0.3) is 0 Å². The first kappa shape index (κ1) is 28.6. The van der Waals surface area contributed by atoms with Crippen molar-refractivity contribution in [2.75, 3.05) is 44.7 Å². The number of halogens is 3. The Balaban J connectivity index is 0.00000204. The number of piperazine rings is 1. The van der Waals surface area contributed by atoms with Crippen molar-refractivity contribution in [3.05, 3.63) is 52.4 Å². The van der Waals surface area contributed by atoms with Crippen LogP contribution >= 0.6 is 36.4 Å². The smallest absolute Gasteiger partial charge is 0.231 e. The molecule has 1 aliphatic heterocycles. The molecule has 0 N–H and O–H groups in total. The summed E-state index contributed by atoms with van der Waals surface area (Å²) in [7, 11) is 2.08. The van der Waals surface area contributed by atoms with E-state index in [1.54, 1.807) is 6.33 Å². The summed E-state index contributed by atoms with van der Waals surface area (Å²) in [4.78, 5) is 29.4. The fourth-order valence-corrected chi connectivity index (χ4v) is 4.88. The van der Waals surface area contributed by atoms with Gasteiger partial charge >= 0.3 is 0 Å². The molecule has 4 rings (SSSR count). The molecule has 1 aromatic carbocycles. The molecule has 0 unspecified atom stereocenters. The van der Waals surface area contributed by atoms with Gasteiger partial charge in [0.15, 0.2) is 0 Å². The molecule has 188 valence electrons. The Morgan fingerprint density at radius 2 is 1.76 bits per heavy atom. The summed E-state index contributed by atoms with van der Waals surface area (Å²) in [6.45, 7) is 10.3. The maximum absolute atomic E-state index is 13.6. The summed E-state index contributed by atoms with van der Waals surface area (Å²) in [5, 5.41) is 0.692. The number of fused-ring (bicyclic) bond motifs is 1. The van der Waals surface area contributed by atoms with Crippen LogP contribution in [0.3, 0.4) is 0 Å². The Bertz CT molecular complexity index is 948. The molecule has 1 amide bonds. The molecular formula is C25H36Cl3N5O.